The molecule has 2 heteroatoms. The van der Waals surface area contributed by atoms with Crippen LogP contribution in [0, 0.1) is 66.7 Å². The van der Waals surface area contributed by atoms with Gasteiger partial charge in [-0.25, -0.2) is 0 Å². The van der Waals surface area contributed by atoms with Crippen molar-refractivity contribution in [1.82, 2.24) is 0 Å². The maximum atomic E-state index is 2.67. The minimum Gasteiger partial charge on any atom is -0.0622 e. The van der Waals surface area contributed by atoms with Gasteiger partial charge in [-0.1, -0.05) is 199 Å². The van der Waals surface area contributed by atoms with Gasteiger partial charge in [0.05, 0.1) is 0 Å². The van der Waals surface area contributed by atoms with E-state index in [1.807, 2.05) is 0 Å². The molecule has 6 aromatic carbocycles. The van der Waals surface area contributed by atoms with Crippen molar-refractivity contribution >= 4 is 37.1 Å². The van der Waals surface area contributed by atoms with Crippen LogP contribution in [-0.4, -0.2) is 0 Å². The molecule has 0 radical (unpaired) electrons. The molecule has 0 aromatic heterocycles. The third-order valence-corrected chi connectivity index (χ3v) is 17.1. The lowest BCUT2D eigenvalue weighted by Gasteiger charge is -2.53. The third kappa shape index (κ3) is 8.46. The van der Waals surface area contributed by atoms with E-state index in [1.54, 1.807) is 0 Å². The quantitative estimate of drug-likeness (QED) is 0.116. The topological polar surface area (TPSA) is 0 Å². The molecule has 2 unspecified atom stereocenters. The Morgan fingerprint density at radius 2 is 0.585 bits per heavy atom. The monoisotopic (exact) mass is 732 g/mol. The minimum absolute atomic E-state index is 0.190. The van der Waals surface area contributed by atoms with Crippen molar-refractivity contribution in [2.24, 2.45) is 11.3 Å². The lowest BCUT2D eigenvalue weighted by Crippen LogP contribution is -2.41. The summed E-state index contributed by atoms with van der Waals surface area (Å²) < 4.78 is 0. The first-order chi connectivity index (χ1) is 25.2. The molecule has 0 heterocycles. The second-order valence-corrected chi connectivity index (χ2v) is 20.8. The standard InChI is InChI=1S/C51H58P2/c1-34(2)51(11,49(43-18-14-12-15-19-43)52(45-26-35(3)22-36(4)27-45)46-28-37(5)23-38(6)29-46)50(44-20-16-13-17-21-44)53(47-30-39(7)24-40(8)31-47)48-32-41(9)25-42(10)33-48/h12-34,49-50H,1-11H3. The summed E-state index contributed by atoms with van der Waals surface area (Å²) in [4.78, 5) is 0. The number of rotatable bonds is 11. The smallest absolute Gasteiger partial charge is 0.0188 e. The fourth-order valence-corrected chi connectivity index (χ4v) is 16.5. The van der Waals surface area contributed by atoms with Crippen molar-refractivity contribution in [2.45, 2.75) is 87.5 Å². The van der Waals surface area contributed by atoms with Gasteiger partial charge in [-0.2, -0.15) is 0 Å². The van der Waals surface area contributed by atoms with Crippen molar-refractivity contribution in [3.63, 3.8) is 0 Å². The van der Waals surface area contributed by atoms with E-state index in [1.165, 1.54) is 76.9 Å². The number of hydrogen-bond donors (Lipinski definition) is 0. The summed E-state index contributed by atoms with van der Waals surface area (Å²) in [5.74, 6) is 0.349. The first-order valence-corrected chi connectivity index (χ1v) is 22.1. The Morgan fingerprint density at radius 1 is 0.358 bits per heavy atom. The lowest BCUT2D eigenvalue weighted by atomic mass is 9.69. The van der Waals surface area contributed by atoms with Crippen molar-refractivity contribution in [2.75, 3.05) is 0 Å². The predicted molar refractivity (Wildman–Crippen MR) is 237 cm³/mol. The van der Waals surface area contributed by atoms with Gasteiger partial charge >= 0.3 is 0 Å². The first kappa shape index (κ1) is 38.9. The third-order valence-electron chi connectivity index (χ3n) is 11.1. The highest BCUT2D eigenvalue weighted by atomic mass is 31.1. The Bertz CT molecular complexity index is 1840. The summed E-state index contributed by atoms with van der Waals surface area (Å²) in [7, 11) is -1.75. The van der Waals surface area contributed by atoms with Gasteiger partial charge in [0.15, 0.2) is 0 Å². The van der Waals surface area contributed by atoms with Gasteiger partial charge in [-0.3, -0.25) is 0 Å². The Labute approximate surface area is 323 Å². The van der Waals surface area contributed by atoms with Crippen LogP contribution in [0.1, 0.15) is 87.7 Å². The largest absolute Gasteiger partial charge is 0.0622 e. The molecule has 6 aromatic rings. The van der Waals surface area contributed by atoms with E-state index >= 15 is 0 Å². The molecule has 0 aliphatic heterocycles. The summed E-state index contributed by atoms with van der Waals surface area (Å²) in [6, 6.07) is 52.6. The molecule has 2 atom stereocenters. The molecule has 0 saturated carbocycles. The van der Waals surface area contributed by atoms with Gasteiger partial charge in [0.2, 0.25) is 0 Å². The Balaban J connectivity index is 1.78. The van der Waals surface area contributed by atoms with Gasteiger partial charge < -0.3 is 0 Å². The van der Waals surface area contributed by atoms with Crippen LogP contribution in [0.15, 0.2) is 133 Å². The molecule has 272 valence electrons. The van der Waals surface area contributed by atoms with E-state index in [0.29, 0.717) is 5.92 Å². The number of aryl methyl sites for hydroxylation is 8. The molecule has 0 amide bonds. The van der Waals surface area contributed by atoms with Crippen LogP contribution in [0.25, 0.3) is 0 Å². The molecule has 53 heavy (non-hydrogen) atoms. The van der Waals surface area contributed by atoms with E-state index in [0.717, 1.165) is 0 Å². The highest BCUT2D eigenvalue weighted by Crippen LogP contribution is 2.71. The maximum absolute atomic E-state index is 2.67. The lowest BCUT2D eigenvalue weighted by molar-refractivity contribution is 0.200. The Morgan fingerprint density at radius 3 is 0.792 bits per heavy atom. The molecule has 0 saturated heterocycles. The van der Waals surface area contributed by atoms with Crippen LogP contribution in [0.5, 0.6) is 0 Å². The van der Waals surface area contributed by atoms with Crippen molar-refractivity contribution in [3.05, 3.63) is 189 Å². The molecule has 0 nitrogen and oxygen atoms in total. The molecule has 0 fully saturated rings. The molecule has 0 aliphatic carbocycles. The van der Waals surface area contributed by atoms with Crippen LogP contribution >= 0.6 is 15.8 Å². The van der Waals surface area contributed by atoms with Crippen LogP contribution in [-0.2, 0) is 0 Å². The SMILES string of the molecule is Cc1cc(C)cc(P(c2cc(C)cc(C)c2)C(c2ccccc2)C(C)(C(C)C)C(c2ccccc2)P(c2cc(C)cc(C)c2)c2cc(C)cc(C)c2)c1. The van der Waals surface area contributed by atoms with E-state index < -0.39 is 15.8 Å². The van der Waals surface area contributed by atoms with Gasteiger partial charge in [0.25, 0.3) is 0 Å². The van der Waals surface area contributed by atoms with Crippen LogP contribution < -0.4 is 21.2 Å². The Hall–Kier alpha value is -3.82. The molecular weight excluding hydrogens is 675 g/mol. The van der Waals surface area contributed by atoms with Gasteiger partial charge in [-0.05, 0) is 115 Å². The van der Waals surface area contributed by atoms with Crippen LogP contribution in [0.2, 0.25) is 0 Å². The fraction of sp³-hybridized carbons (Fsp3) is 0.294. The molecule has 6 rings (SSSR count). The van der Waals surface area contributed by atoms with E-state index in [2.05, 4.69) is 210 Å². The van der Waals surface area contributed by atoms with Crippen molar-refractivity contribution in [3.8, 4) is 0 Å². The van der Waals surface area contributed by atoms with Gasteiger partial charge in [0.1, 0.15) is 0 Å². The summed E-state index contributed by atoms with van der Waals surface area (Å²) in [6.07, 6.45) is 0. The molecular formula is C51H58P2. The van der Waals surface area contributed by atoms with Gasteiger partial charge in [-0.15, -0.1) is 0 Å². The van der Waals surface area contributed by atoms with Crippen LogP contribution in [0.4, 0.5) is 0 Å². The molecule has 0 N–H and O–H groups in total. The summed E-state index contributed by atoms with van der Waals surface area (Å²) in [5.41, 5.74) is 13.8. The average Bonchev–Trinajstić information content (AvgIpc) is 3.08. The molecule has 0 spiro atoms. The zero-order valence-electron chi connectivity index (χ0n) is 33.8. The predicted octanol–water partition coefficient (Wildman–Crippen LogP) is 12.9. The number of benzene rings is 6. The minimum atomic E-state index is -0.876. The normalized spacial score (nSPS) is 14.1. The Kier molecular flexibility index (Phi) is 11.9. The van der Waals surface area contributed by atoms with Crippen LogP contribution in [0.3, 0.4) is 0 Å². The van der Waals surface area contributed by atoms with E-state index in [4.69, 9.17) is 0 Å². The summed E-state index contributed by atoms with van der Waals surface area (Å²) >= 11 is 0. The molecule has 0 aliphatic rings. The fourth-order valence-electron chi connectivity index (χ4n) is 8.88. The second kappa shape index (κ2) is 16.3. The summed E-state index contributed by atoms with van der Waals surface area (Å²) in [5, 5.41) is 5.88. The van der Waals surface area contributed by atoms with E-state index in [-0.39, 0.29) is 16.7 Å². The first-order valence-electron chi connectivity index (χ1n) is 19.3. The van der Waals surface area contributed by atoms with Crippen molar-refractivity contribution in [1.29, 1.82) is 0 Å². The summed E-state index contributed by atoms with van der Waals surface area (Å²) in [6.45, 7) is 25.9. The maximum Gasteiger partial charge on any atom is 0.0188 e. The zero-order valence-corrected chi connectivity index (χ0v) is 35.6. The molecule has 0 bridgehead atoms. The number of hydrogen-bond acceptors (Lipinski definition) is 0. The second-order valence-electron chi connectivity index (χ2n) is 16.3. The van der Waals surface area contributed by atoms with Crippen molar-refractivity contribution < 1.29 is 0 Å². The van der Waals surface area contributed by atoms with Gasteiger partial charge in [0, 0.05) is 11.3 Å². The highest BCUT2D eigenvalue weighted by molar-refractivity contribution is 7.74. The average molecular weight is 733 g/mol. The highest BCUT2D eigenvalue weighted by Gasteiger charge is 2.52. The zero-order chi connectivity index (χ0) is 38.0. The van der Waals surface area contributed by atoms with E-state index in [9.17, 15) is 0 Å².